The van der Waals surface area contributed by atoms with Gasteiger partial charge in [0.25, 0.3) is 0 Å². The molecule has 1 heterocycles. The van der Waals surface area contributed by atoms with Gasteiger partial charge in [-0.05, 0) is 36.8 Å². The topological polar surface area (TPSA) is 47.8 Å². The number of hydrogen-bond acceptors (Lipinski definition) is 3. The first-order valence-corrected chi connectivity index (χ1v) is 7.23. The molecule has 0 unspecified atom stereocenters. The third kappa shape index (κ3) is 2.64. The van der Waals surface area contributed by atoms with Crippen molar-refractivity contribution >= 4 is 21.7 Å². The van der Waals surface area contributed by atoms with Crippen LogP contribution in [0.1, 0.15) is 21.6 Å². The van der Waals surface area contributed by atoms with Crippen LogP contribution in [0.5, 0.6) is 0 Å². The average Bonchev–Trinajstić information content (AvgIpc) is 2.97. The van der Waals surface area contributed by atoms with Crippen LogP contribution in [0.3, 0.4) is 0 Å². The predicted molar refractivity (Wildman–Crippen MR) is 83.7 cm³/mol. The average molecular weight is 342 g/mol. The van der Waals surface area contributed by atoms with Gasteiger partial charge in [-0.25, -0.2) is 4.68 Å². The highest BCUT2D eigenvalue weighted by Gasteiger charge is 2.18. The largest absolute Gasteiger partial charge is 0.287 e. The van der Waals surface area contributed by atoms with E-state index in [0.29, 0.717) is 11.3 Å². The van der Waals surface area contributed by atoms with Gasteiger partial charge in [-0.1, -0.05) is 45.4 Å². The van der Waals surface area contributed by atoms with E-state index in [-0.39, 0.29) is 5.78 Å². The standard InChI is InChI=1S/C16H12BrN3O/c1-11-7-8-13(14(17)9-11)16(21)15-10-18-19-20(15)12-5-3-2-4-6-12/h2-10H,1H3. The lowest BCUT2D eigenvalue weighted by Gasteiger charge is -2.07. The molecule has 0 amide bonds. The van der Waals surface area contributed by atoms with Crippen LogP contribution in [0.25, 0.3) is 5.69 Å². The Labute approximate surface area is 130 Å². The van der Waals surface area contributed by atoms with Crippen molar-refractivity contribution < 1.29 is 4.79 Å². The third-order valence-corrected chi connectivity index (χ3v) is 3.81. The quantitative estimate of drug-likeness (QED) is 0.684. The smallest absolute Gasteiger partial charge is 0.214 e. The van der Waals surface area contributed by atoms with Crippen molar-refractivity contribution in [3.05, 3.63) is 76.0 Å². The highest BCUT2D eigenvalue weighted by molar-refractivity contribution is 9.10. The van der Waals surface area contributed by atoms with Crippen LogP contribution in [0.2, 0.25) is 0 Å². The Morgan fingerprint density at radius 2 is 1.90 bits per heavy atom. The van der Waals surface area contributed by atoms with Gasteiger partial charge in [-0.3, -0.25) is 4.79 Å². The molecule has 0 atom stereocenters. The first kappa shape index (κ1) is 13.7. The van der Waals surface area contributed by atoms with Crippen molar-refractivity contribution in [2.75, 3.05) is 0 Å². The van der Waals surface area contributed by atoms with Crippen LogP contribution in [0.4, 0.5) is 0 Å². The summed E-state index contributed by atoms with van der Waals surface area (Å²) >= 11 is 3.44. The highest BCUT2D eigenvalue weighted by atomic mass is 79.9. The van der Waals surface area contributed by atoms with Gasteiger partial charge < -0.3 is 0 Å². The lowest BCUT2D eigenvalue weighted by molar-refractivity contribution is 0.103. The van der Waals surface area contributed by atoms with Crippen LogP contribution >= 0.6 is 15.9 Å². The Morgan fingerprint density at radius 3 is 2.62 bits per heavy atom. The van der Waals surface area contributed by atoms with Gasteiger partial charge in [-0.2, -0.15) is 0 Å². The van der Waals surface area contributed by atoms with E-state index in [1.165, 1.54) is 6.20 Å². The summed E-state index contributed by atoms with van der Waals surface area (Å²) in [5, 5.41) is 7.88. The summed E-state index contributed by atoms with van der Waals surface area (Å²) in [7, 11) is 0. The molecule has 104 valence electrons. The summed E-state index contributed by atoms with van der Waals surface area (Å²) in [6, 6.07) is 15.1. The van der Waals surface area contributed by atoms with Gasteiger partial charge in [0.2, 0.25) is 5.78 Å². The molecule has 5 heteroatoms. The minimum absolute atomic E-state index is 0.115. The van der Waals surface area contributed by atoms with E-state index in [9.17, 15) is 4.79 Å². The fourth-order valence-corrected chi connectivity index (χ4v) is 2.77. The zero-order chi connectivity index (χ0) is 14.8. The normalized spacial score (nSPS) is 10.6. The second-order valence-electron chi connectivity index (χ2n) is 4.68. The summed E-state index contributed by atoms with van der Waals surface area (Å²) in [6.07, 6.45) is 1.49. The van der Waals surface area contributed by atoms with Crippen molar-refractivity contribution in [1.82, 2.24) is 15.0 Å². The Bertz CT molecular complexity index is 796. The maximum absolute atomic E-state index is 12.7. The number of carbonyl (C=O) groups is 1. The van der Waals surface area contributed by atoms with Crippen LogP contribution < -0.4 is 0 Å². The van der Waals surface area contributed by atoms with E-state index < -0.39 is 0 Å². The van der Waals surface area contributed by atoms with Gasteiger partial charge in [0.15, 0.2) is 0 Å². The summed E-state index contributed by atoms with van der Waals surface area (Å²) in [5.41, 5.74) is 2.93. The minimum atomic E-state index is -0.115. The summed E-state index contributed by atoms with van der Waals surface area (Å²) in [4.78, 5) is 12.7. The van der Waals surface area contributed by atoms with E-state index in [4.69, 9.17) is 0 Å². The number of benzene rings is 2. The molecule has 1 aromatic heterocycles. The van der Waals surface area contributed by atoms with Gasteiger partial charge in [0.1, 0.15) is 5.69 Å². The van der Waals surface area contributed by atoms with E-state index in [0.717, 1.165) is 15.7 Å². The van der Waals surface area contributed by atoms with Crippen LogP contribution in [0.15, 0.2) is 59.2 Å². The fraction of sp³-hybridized carbons (Fsp3) is 0.0625. The van der Waals surface area contributed by atoms with Crippen molar-refractivity contribution in [3.63, 3.8) is 0 Å². The monoisotopic (exact) mass is 341 g/mol. The summed E-state index contributed by atoms with van der Waals surface area (Å²) < 4.78 is 2.32. The zero-order valence-electron chi connectivity index (χ0n) is 11.3. The molecule has 0 saturated heterocycles. The van der Waals surface area contributed by atoms with Crippen molar-refractivity contribution in [1.29, 1.82) is 0 Å². The van der Waals surface area contributed by atoms with E-state index in [1.54, 1.807) is 4.68 Å². The van der Waals surface area contributed by atoms with Gasteiger partial charge in [-0.15, -0.1) is 5.10 Å². The third-order valence-electron chi connectivity index (χ3n) is 3.15. The SMILES string of the molecule is Cc1ccc(C(=O)c2cnnn2-c2ccccc2)c(Br)c1. The molecule has 0 aliphatic carbocycles. The molecule has 0 fully saturated rings. The maximum Gasteiger partial charge on any atom is 0.214 e. The van der Waals surface area contributed by atoms with Gasteiger partial charge in [0.05, 0.1) is 11.9 Å². The molecule has 21 heavy (non-hydrogen) atoms. The molecular formula is C16H12BrN3O. The highest BCUT2D eigenvalue weighted by Crippen LogP contribution is 2.22. The summed E-state index contributed by atoms with van der Waals surface area (Å²) in [6.45, 7) is 1.98. The van der Waals surface area contributed by atoms with E-state index in [2.05, 4.69) is 26.2 Å². The lowest BCUT2D eigenvalue weighted by atomic mass is 10.1. The molecule has 2 aromatic carbocycles. The Kier molecular flexibility index (Phi) is 3.66. The number of hydrogen-bond donors (Lipinski definition) is 0. The number of para-hydroxylation sites is 1. The molecule has 0 aliphatic heterocycles. The Morgan fingerprint density at radius 1 is 1.14 bits per heavy atom. The number of carbonyl (C=O) groups excluding carboxylic acids is 1. The van der Waals surface area contributed by atoms with E-state index >= 15 is 0 Å². The number of rotatable bonds is 3. The number of nitrogens with zero attached hydrogens (tertiary/aromatic N) is 3. The summed E-state index contributed by atoms with van der Waals surface area (Å²) in [5.74, 6) is -0.115. The van der Waals surface area contributed by atoms with Crippen LogP contribution in [0, 0.1) is 6.92 Å². The minimum Gasteiger partial charge on any atom is -0.287 e. The molecule has 0 aliphatic rings. The van der Waals surface area contributed by atoms with Crippen LogP contribution in [-0.4, -0.2) is 20.8 Å². The number of aromatic nitrogens is 3. The molecular weight excluding hydrogens is 330 g/mol. The molecule has 0 radical (unpaired) electrons. The van der Waals surface area contributed by atoms with Gasteiger partial charge in [0, 0.05) is 10.0 Å². The molecule has 4 nitrogen and oxygen atoms in total. The van der Waals surface area contributed by atoms with Gasteiger partial charge >= 0.3 is 0 Å². The number of halogens is 1. The maximum atomic E-state index is 12.7. The fourth-order valence-electron chi connectivity index (χ4n) is 2.09. The molecule has 0 N–H and O–H groups in total. The Hall–Kier alpha value is -2.27. The molecule has 3 rings (SSSR count). The molecule has 3 aromatic rings. The molecule has 0 spiro atoms. The first-order chi connectivity index (χ1) is 10.2. The second-order valence-corrected chi connectivity index (χ2v) is 5.53. The predicted octanol–water partition coefficient (Wildman–Crippen LogP) is 3.57. The van der Waals surface area contributed by atoms with Crippen molar-refractivity contribution in [2.24, 2.45) is 0 Å². The van der Waals surface area contributed by atoms with Crippen molar-refractivity contribution in [3.8, 4) is 5.69 Å². The van der Waals surface area contributed by atoms with E-state index in [1.807, 2.05) is 55.5 Å². The Balaban J connectivity index is 2.06. The van der Waals surface area contributed by atoms with Crippen molar-refractivity contribution in [2.45, 2.75) is 6.92 Å². The molecule has 0 bridgehead atoms. The van der Waals surface area contributed by atoms with Crippen LogP contribution in [-0.2, 0) is 0 Å². The number of ketones is 1. The number of aryl methyl sites for hydroxylation is 1. The lowest BCUT2D eigenvalue weighted by Crippen LogP contribution is -2.10. The molecule has 0 saturated carbocycles. The zero-order valence-corrected chi connectivity index (χ0v) is 12.9. The first-order valence-electron chi connectivity index (χ1n) is 6.44. The second kappa shape index (κ2) is 5.61.